The number of hydrogen-bond acceptors (Lipinski definition) is 2. The van der Waals surface area contributed by atoms with E-state index in [-0.39, 0.29) is 5.56 Å². The van der Waals surface area contributed by atoms with E-state index in [0.717, 1.165) is 0 Å². The van der Waals surface area contributed by atoms with E-state index in [9.17, 15) is 9.18 Å². The van der Waals surface area contributed by atoms with E-state index in [1.807, 2.05) is 0 Å². The van der Waals surface area contributed by atoms with Gasteiger partial charge >= 0.3 is 5.97 Å². The Kier molecular flexibility index (Phi) is 2.74. The first-order valence-electron chi connectivity index (χ1n) is 4.31. The molecule has 0 aliphatic heterocycles. The van der Waals surface area contributed by atoms with E-state index in [2.05, 4.69) is 26.1 Å². The predicted octanol–water partition coefficient (Wildman–Crippen LogP) is 2.68. The third-order valence-electron chi connectivity index (χ3n) is 2.07. The maximum atomic E-state index is 12.9. The van der Waals surface area contributed by atoms with Gasteiger partial charge in [0.15, 0.2) is 0 Å². The number of carboxylic acids is 1. The maximum absolute atomic E-state index is 12.9. The summed E-state index contributed by atoms with van der Waals surface area (Å²) in [4.78, 5) is 10.9. The quantitative estimate of drug-likeness (QED) is 0.891. The van der Waals surface area contributed by atoms with Crippen LogP contribution in [-0.4, -0.2) is 21.3 Å². The van der Waals surface area contributed by atoms with Gasteiger partial charge in [0.05, 0.1) is 11.9 Å². The molecule has 0 radical (unpaired) electrons. The van der Waals surface area contributed by atoms with Crippen LogP contribution in [-0.2, 0) is 0 Å². The van der Waals surface area contributed by atoms with Crippen molar-refractivity contribution in [2.24, 2.45) is 0 Å². The first kappa shape index (κ1) is 10.8. The molecule has 2 aromatic rings. The van der Waals surface area contributed by atoms with Gasteiger partial charge in [-0.05, 0) is 34.1 Å². The third kappa shape index (κ3) is 1.83. The highest BCUT2D eigenvalue weighted by Crippen LogP contribution is 2.29. The largest absolute Gasteiger partial charge is 0.478 e. The highest BCUT2D eigenvalue weighted by molar-refractivity contribution is 9.10. The lowest BCUT2D eigenvalue weighted by Crippen LogP contribution is -1.97. The third-order valence-corrected chi connectivity index (χ3v) is 2.73. The minimum absolute atomic E-state index is 0.0484. The van der Waals surface area contributed by atoms with Crippen LogP contribution in [0.3, 0.4) is 0 Å². The molecular weight excluding hydrogens is 279 g/mol. The zero-order chi connectivity index (χ0) is 11.7. The lowest BCUT2D eigenvalue weighted by molar-refractivity contribution is 0.0698. The van der Waals surface area contributed by atoms with Gasteiger partial charge in [0.2, 0.25) is 0 Å². The van der Waals surface area contributed by atoms with Gasteiger partial charge in [0, 0.05) is 10.0 Å². The Morgan fingerprint density at radius 3 is 2.88 bits per heavy atom. The summed E-state index contributed by atoms with van der Waals surface area (Å²) in [5, 5.41) is 15.2. The molecule has 1 aromatic heterocycles. The van der Waals surface area contributed by atoms with E-state index >= 15 is 0 Å². The summed E-state index contributed by atoms with van der Waals surface area (Å²) in [5.41, 5.74) is 0.947. The normalized spacial score (nSPS) is 10.4. The summed E-state index contributed by atoms with van der Waals surface area (Å²) >= 11 is 3.17. The lowest BCUT2D eigenvalue weighted by atomic mass is 10.1. The Morgan fingerprint density at radius 1 is 1.50 bits per heavy atom. The number of aromatic carboxylic acids is 1. The van der Waals surface area contributed by atoms with Crippen molar-refractivity contribution in [1.82, 2.24) is 10.2 Å². The number of H-pyrrole nitrogens is 1. The predicted molar refractivity (Wildman–Crippen MR) is 58.6 cm³/mol. The van der Waals surface area contributed by atoms with Gasteiger partial charge in [0.25, 0.3) is 0 Å². The molecule has 0 aliphatic carbocycles. The van der Waals surface area contributed by atoms with Crippen LogP contribution in [0.5, 0.6) is 0 Å². The van der Waals surface area contributed by atoms with E-state index in [0.29, 0.717) is 15.7 Å². The number of carboxylic acid groups (broad SMARTS) is 1. The van der Waals surface area contributed by atoms with Gasteiger partial charge in [-0.2, -0.15) is 5.10 Å². The van der Waals surface area contributed by atoms with Crippen LogP contribution in [0.15, 0.2) is 28.9 Å². The summed E-state index contributed by atoms with van der Waals surface area (Å²) < 4.78 is 13.3. The molecule has 0 amide bonds. The van der Waals surface area contributed by atoms with Crippen LogP contribution in [0.4, 0.5) is 4.39 Å². The van der Waals surface area contributed by atoms with Crippen molar-refractivity contribution in [3.05, 3.63) is 40.2 Å². The molecule has 16 heavy (non-hydrogen) atoms. The van der Waals surface area contributed by atoms with Gasteiger partial charge in [-0.15, -0.1) is 0 Å². The first-order chi connectivity index (χ1) is 7.59. The average Bonchev–Trinajstić information content (AvgIpc) is 2.66. The Bertz CT molecular complexity index is 554. The number of aromatic amines is 1. The first-order valence-corrected chi connectivity index (χ1v) is 5.11. The zero-order valence-corrected chi connectivity index (χ0v) is 9.45. The minimum atomic E-state index is -1.08. The van der Waals surface area contributed by atoms with Crippen molar-refractivity contribution >= 4 is 21.9 Å². The molecule has 1 aromatic carbocycles. The fourth-order valence-corrected chi connectivity index (χ4v) is 1.89. The van der Waals surface area contributed by atoms with Gasteiger partial charge < -0.3 is 5.11 Å². The van der Waals surface area contributed by atoms with Gasteiger partial charge in [-0.25, -0.2) is 9.18 Å². The number of nitrogens with zero attached hydrogens (tertiary/aromatic N) is 1. The van der Waals surface area contributed by atoms with Crippen molar-refractivity contribution in [1.29, 1.82) is 0 Å². The summed E-state index contributed by atoms with van der Waals surface area (Å²) in [6.45, 7) is 0. The fraction of sp³-hybridized carbons (Fsp3) is 0. The molecule has 0 fully saturated rings. The second-order valence-corrected chi connectivity index (χ2v) is 3.94. The molecule has 6 heteroatoms. The number of aromatic nitrogens is 2. The van der Waals surface area contributed by atoms with Gasteiger partial charge in [-0.3, -0.25) is 5.10 Å². The molecule has 2 N–H and O–H groups in total. The van der Waals surface area contributed by atoms with E-state index in [1.165, 1.54) is 24.4 Å². The molecular formula is C10H6BrFN2O2. The summed E-state index contributed by atoms with van der Waals surface area (Å²) in [7, 11) is 0. The summed E-state index contributed by atoms with van der Waals surface area (Å²) in [5.74, 6) is -1.48. The molecule has 0 spiro atoms. The summed E-state index contributed by atoms with van der Waals surface area (Å²) in [6.07, 6.45) is 1.22. The van der Waals surface area contributed by atoms with E-state index in [1.54, 1.807) is 0 Å². The molecule has 0 bridgehead atoms. The Balaban J connectivity index is 2.59. The number of hydrogen-bond donors (Lipinski definition) is 2. The van der Waals surface area contributed by atoms with Crippen LogP contribution in [0, 0.1) is 5.82 Å². The average molecular weight is 285 g/mol. The summed E-state index contributed by atoms with van der Waals surface area (Å²) in [6, 6.07) is 4.01. The molecule has 82 valence electrons. The molecule has 1 heterocycles. The fourth-order valence-electron chi connectivity index (χ4n) is 1.35. The standard InChI is InChI=1S/C10H6BrFN2O2/c11-8-3-5(12)1-2-6(8)9-7(10(15)16)4-13-14-9/h1-4H,(H,13,14)(H,15,16). The Hall–Kier alpha value is -1.69. The van der Waals surface area contributed by atoms with Crippen LogP contribution in [0.2, 0.25) is 0 Å². The van der Waals surface area contributed by atoms with Crippen molar-refractivity contribution in [2.45, 2.75) is 0 Å². The van der Waals surface area contributed by atoms with Crippen LogP contribution >= 0.6 is 15.9 Å². The molecule has 4 nitrogen and oxygen atoms in total. The van der Waals surface area contributed by atoms with Gasteiger partial charge in [-0.1, -0.05) is 0 Å². The molecule has 0 atom stereocenters. The van der Waals surface area contributed by atoms with Crippen molar-refractivity contribution < 1.29 is 14.3 Å². The zero-order valence-electron chi connectivity index (χ0n) is 7.87. The SMILES string of the molecule is O=C(O)c1cn[nH]c1-c1ccc(F)cc1Br. The van der Waals surface area contributed by atoms with Crippen molar-refractivity contribution in [2.75, 3.05) is 0 Å². The second-order valence-electron chi connectivity index (χ2n) is 3.09. The molecule has 0 saturated carbocycles. The topological polar surface area (TPSA) is 66.0 Å². The number of halogens is 2. The van der Waals surface area contributed by atoms with Crippen molar-refractivity contribution in [3.8, 4) is 11.3 Å². The molecule has 2 rings (SSSR count). The highest BCUT2D eigenvalue weighted by Gasteiger charge is 2.16. The van der Waals surface area contributed by atoms with E-state index in [4.69, 9.17) is 5.11 Å². The Labute approximate surface area is 98.2 Å². The number of rotatable bonds is 2. The maximum Gasteiger partial charge on any atom is 0.339 e. The minimum Gasteiger partial charge on any atom is -0.478 e. The second kappa shape index (κ2) is 4.05. The van der Waals surface area contributed by atoms with E-state index < -0.39 is 11.8 Å². The smallest absolute Gasteiger partial charge is 0.339 e. The molecule has 0 saturated heterocycles. The lowest BCUT2D eigenvalue weighted by Gasteiger charge is -2.03. The van der Waals surface area contributed by atoms with Crippen molar-refractivity contribution in [3.63, 3.8) is 0 Å². The Morgan fingerprint density at radius 2 is 2.25 bits per heavy atom. The molecule has 0 aliphatic rings. The number of benzene rings is 1. The number of carbonyl (C=O) groups is 1. The van der Waals surface area contributed by atoms with Crippen LogP contribution in [0.25, 0.3) is 11.3 Å². The monoisotopic (exact) mass is 284 g/mol. The van der Waals surface area contributed by atoms with Gasteiger partial charge in [0.1, 0.15) is 11.4 Å². The number of nitrogens with one attached hydrogen (secondary N) is 1. The van der Waals surface area contributed by atoms with Crippen LogP contribution in [0.1, 0.15) is 10.4 Å². The van der Waals surface area contributed by atoms with Crippen LogP contribution < -0.4 is 0 Å². The molecule has 0 unspecified atom stereocenters. The highest BCUT2D eigenvalue weighted by atomic mass is 79.9.